The molecule has 19 heavy (non-hydrogen) atoms. The summed E-state index contributed by atoms with van der Waals surface area (Å²) in [6, 6.07) is 7.60. The monoisotopic (exact) mass is 260 g/mol. The van der Waals surface area contributed by atoms with Crippen LogP contribution in [-0.2, 0) is 4.79 Å². The number of H-pyrrole nitrogens is 1. The molecule has 0 aliphatic carbocycles. The van der Waals surface area contributed by atoms with Gasteiger partial charge in [0, 0.05) is 12.5 Å². The van der Waals surface area contributed by atoms with Crippen molar-refractivity contribution in [3.05, 3.63) is 30.1 Å². The lowest BCUT2D eigenvalue weighted by Gasteiger charge is -2.15. The molecule has 1 amide bonds. The first-order valence-corrected chi connectivity index (χ1v) is 6.59. The predicted octanol–water partition coefficient (Wildman–Crippen LogP) is 1.87. The number of hydrogen-bond donors (Lipinski definition) is 3. The van der Waals surface area contributed by atoms with Crippen molar-refractivity contribution in [1.82, 2.24) is 15.3 Å². The van der Waals surface area contributed by atoms with E-state index in [9.17, 15) is 4.79 Å². The lowest BCUT2D eigenvalue weighted by atomic mass is 10.2. The summed E-state index contributed by atoms with van der Waals surface area (Å²) >= 11 is 0. The number of nitrogens with zero attached hydrogens (tertiary/aromatic N) is 1. The Kier molecular flexibility index (Phi) is 4.16. The van der Waals surface area contributed by atoms with Crippen LogP contribution in [0.15, 0.2) is 24.3 Å². The molecule has 102 valence electrons. The number of fused-ring (bicyclic) bond motifs is 1. The molecule has 1 aromatic carbocycles. The topological polar surface area (TPSA) is 83.8 Å². The highest BCUT2D eigenvalue weighted by Gasteiger charge is 2.16. The molecule has 2 aromatic rings. The molecular weight excluding hydrogens is 240 g/mol. The molecule has 0 saturated heterocycles. The van der Waals surface area contributed by atoms with Crippen LogP contribution < -0.4 is 11.1 Å². The van der Waals surface area contributed by atoms with E-state index in [0.29, 0.717) is 6.42 Å². The number of nitrogens with two attached hydrogens (primary N) is 1. The van der Waals surface area contributed by atoms with Crippen molar-refractivity contribution in [2.75, 3.05) is 0 Å². The van der Waals surface area contributed by atoms with E-state index in [-0.39, 0.29) is 18.0 Å². The highest BCUT2D eigenvalue weighted by Crippen LogP contribution is 2.18. The third-order valence-electron chi connectivity index (χ3n) is 2.99. The summed E-state index contributed by atoms with van der Waals surface area (Å²) in [7, 11) is 0. The molecule has 2 unspecified atom stereocenters. The van der Waals surface area contributed by atoms with Crippen molar-refractivity contribution in [3.8, 4) is 0 Å². The lowest BCUT2D eigenvalue weighted by Crippen LogP contribution is -2.33. The molecule has 1 heterocycles. The predicted molar refractivity (Wildman–Crippen MR) is 75.5 cm³/mol. The number of rotatable bonds is 5. The normalized spacial score (nSPS) is 14.3. The average Bonchev–Trinajstić information content (AvgIpc) is 2.78. The Morgan fingerprint density at radius 1 is 1.47 bits per heavy atom. The van der Waals surface area contributed by atoms with Crippen molar-refractivity contribution < 1.29 is 4.79 Å². The van der Waals surface area contributed by atoms with Crippen LogP contribution >= 0.6 is 0 Å². The standard InChI is InChI=1S/C14H20N4O/c1-3-10(16-13(19)8-9(2)15)14-17-11-6-4-5-7-12(11)18-14/h4-7,9-10H,3,8,15H2,1-2H3,(H,16,19)(H,17,18). The largest absolute Gasteiger partial charge is 0.346 e. The van der Waals surface area contributed by atoms with E-state index in [1.54, 1.807) is 0 Å². The van der Waals surface area contributed by atoms with Crippen molar-refractivity contribution in [2.24, 2.45) is 5.73 Å². The summed E-state index contributed by atoms with van der Waals surface area (Å²) in [5.41, 5.74) is 7.52. The van der Waals surface area contributed by atoms with Gasteiger partial charge >= 0.3 is 0 Å². The molecule has 5 nitrogen and oxygen atoms in total. The summed E-state index contributed by atoms with van der Waals surface area (Å²) < 4.78 is 0. The Balaban J connectivity index is 2.14. The number of amides is 1. The summed E-state index contributed by atoms with van der Waals surface area (Å²) in [6.45, 7) is 3.84. The van der Waals surface area contributed by atoms with Crippen LogP contribution in [0.2, 0.25) is 0 Å². The minimum atomic E-state index is -0.131. The van der Waals surface area contributed by atoms with E-state index in [1.807, 2.05) is 38.1 Å². The van der Waals surface area contributed by atoms with Crippen LogP contribution in [0.4, 0.5) is 0 Å². The first kappa shape index (κ1) is 13.5. The van der Waals surface area contributed by atoms with Gasteiger partial charge < -0.3 is 16.0 Å². The van der Waals surface area contributed by atoms with E-state index < -0.39 is 0 Å². The van der Waals surface area contributed by atoms with Gasteiger partial charge in [0.2, 0.25) is 5.91 Å². The number of imidazole rings is 1. The number of nitrogens with one attached hydrogen (secondary N) is 2. The Morgan fingerprint density at radius 2 is 2.21 bits per heavy atom. The molecule has 0 bridgehead atoms. The summed E-state index contributed by atoms with van der Waals surface area (Å²) in [5.74, 6) is 0.754. The maximum absolute atomic E-state index is 11.8. The van der Waals surface area contributed by atoms with E-state index >= 15 is 0 Å². The molecule has 2 rings (SSSR count). The molecule has 1 aromatic heterocycles. The number of hydrogen-bond acceptors (Lipinski definition) is 3. The summed E-state index contributed by atoms with van der Waals surface area (Å²) in [5, 5.41) is 2.96. The number of benzene rings is 1. The maximum atomic E-state index is 11.8. The fourth-order valence-electron chi connectivity index (χ4n) is 2.05. The SMILES string of the molecule is CCC(NC(=O)CC(C)N)c1nc2ccccc2[nH]1. The van der Waals surface area contributed by atoms with Gasteiger partial charge in [-0.1, -0.05) is 19.1 Å². The smallest absolute Gasteiger partial charge is 0.222 e. The molecule has 0 radical (unpaired) electrons. The average molecular weight is 260 g/mol. The zero-order valence-electron chi connectivity index (χ0n) is 11.3. The molecule has 4 N–H and O–H groups in total. The van der Waals surface area contributed by atoms with Gasteiger partial charge in [-0.25, -0.2) is 4.98 Å². The van der Waals surface area contributed by atoms with Gasteiger partial charge in [-0.05, 0) is 25.5 Å². The fraction of sp³-hybridized carbons (Fsp3) is 0.429. The molecule has 0 spiro atoms. The van der Waals surface area contributed by atoms with E-state index in [1.165, 1.54) is 0 Å². The lowest BCUT2D eigenvalue weighted by molar-refractivity contribution is -0.122. The van der Waals surface area contributed by atoms with Gasteiger partial charge in [0.1, 0.15) is 5.82 Å². The number of carbonyl (C=O) groups is 1. The highest BCUT2D eigenvalue weighted by molar-refractivity contribution is 5.78. The molecule has 2 atom stereocenters. The van der Waals surface area contributed by atoms with E-state index in [0.717, 1.165) is 23.3 Å². The Labute approximate surface area is 112 Å². The van der Waals surface area contributed by atoms with Crippen LogP contribution in [-0.4, -0.2) is 21.9 Å². The number of para-hydroxylation sites is 2. The minimum absolute atomic E-state index is 0.0395. The quantitative estimate of drug-likeness (QED) is 0.767. The third-order valence-corrected chi connectivity index (χ3v) is 2.99. The van der Waals surface area contributed by atoms with Gasteiger partial charge in [-0.2, -0.15) is 0 Å². The van der Waals surface area contributed by atoms with Crippen LogP contribution in [0.3, 0.4) is 0 Å². The van der Waals surface area contributed by atoms with Crippen LogP contribution in [0.25, 0.3) is 11.0 Å². The first-order valence-electron chi connectivity index (χ1n) is 6.59. The summed E-state index contributed by atoms with van der Waals surface area (Å²) in [6.07, 6.45) is 1.11. The molecule has 5 heteroatoms. The molecule has 0 fully saturated rings. The van der Waals surface area contributed by atoms with Crippen LogP contribution in [0.1, 0.15) is 38.6 Å². The zero-order chi connectivity index (χ0) is 13.8. The van der Waals surface area contributed by atoms with Crippen LogP contribution in [0.5, 0.6) is 0 Å². The Morgan fingerprint density at radius 3 is 2.84 bits per heavy atom. The molecule has 0 saturated carbocycles. The second-order valence-electron chi connectivity index (χ2n) is 4.85. The molecule has 0 aliphatic heterocycles. The van der Waals surface area contributed by atoms with Gasteiger partial charge in [0.25, 0.3) is 0 Å². The fourth-order valence-corrected chi connectivity index (χ4v) is 2.05. The number of aromatic amines is 1. The van der Waals surface area contributed by atoms with E-state index in [2.05, 4.69) is 15.3 Å². The van der Waals surface area contributed by atoms with Crippen molar-refractivity contribution in [2.45, 2.75) is 38.8 Å². The van der Waals surface area contributed by atoms with Gasteiger partial charge in [0.05, 0.1) is 17.1 Å². The second kappa shape index (κ2) is 5.84. The highest BCUT2D eigenvalue weighted by atomic mass is 16.1. The van der Waals surface area contributed by atoms with Crippen LogP contribution in [0, 0.1) is 0 Å². The third kappa shape index (κ3) is 3.32. The number of aromatic nitrogens is 2. The van der Waals surface area contributed by atoms with E-state index in [4.69, 9.17) is 5.73 Å². The molecule has 0 aliphatic rings. The first-order chi connectivity index (χ1) is 9.10. The minimum Gasteiger partial charge on any atom is -0.346 e. The Bertz CT molecular complexity index is 528. The zero-order valence-corrected chi connectivity index (χ0v) is 11.3. The summed E-state index contributed by atoms with van der Waals surface area (Å²) in [4.78, 5) is 19.5. The van der Waals surface area contributed by atoms with Crippen molar-refractivity contribution >= 4 is 16.9 Å². The maximum Gasteiger partial charge on any atom is 0.222 e. The van der Waals surface area contributed by atoms with Crippen molar-refractivity contribution in [3.63, 3.8) is 0 Å². The molecular formula is C14H20N4O. The Hall–Kier alpha value is -1.88. The number of carbonyl (C=O) groups excluding carboxylic acids is 1. The van der Waals surface area contributed by atoms with Gasteiger partial charge in [-0.15, -0.1) is 0 Å². The second-order valence-corrected chi connectivity index (χ2v) is 4.85. The van der Waals surface area contributed by atoms with Gasteiger partial charge in [-0.3, -0.25) is 4.79 Å². The van der Waals surface area contributed by atoms with Gasteiger partial charge in [0.15, 0.2) is 0 Å². The van der Waals surface area contributed by atoms with Crippen molar-refractivity contribution in [1.29, 1.82) is 0 Å².